The number of nitrogens with zero attached hydrogens (tertiary/aromatic N) is 3. The Morgan fingerprint density at radius 3 is 2.60 bits per heavy atom. The van der Waals surface area contributed by atoms with Gasteiger partial charge in [-0.3, -0.25) is 0 Å². The molecule has 1 heterocycles. The van der Waals surface area contributed by atoms with E-state index in [1.165, 1.54) is 6.07 Å². The minimum absolute atomic E-state index is 0.112. The van der Waals surface area contributed by atoms with Gasteiger partial charge in [0.05, 0.1) is 5.02 Å². The van der Waals surface area contributed by atoms with Gasteiger partial charge < -0.3 is 0 Å². The lowest BCUT2D eigenvalue weighted by Gasteiger charge is -1.90. The smallest absolute Gasteiger partial charge is 0.170 e. The number of halogens is 2. The van der Waals surface area contributed by atoms with Crippen LogP contribution in [0.2, 0.25) is 10.2 Å². The van der Waals surface area contributed by atoms with E-state index in [0.717, 1.165) is 0 Å². The van der Waals surface area contributed by atoms with E-state index in [9.17, 15) is 0 Å². The molecule has 0 aliphatic rings. The van der Waals surface area contributed by atoms with Gasteiger partial charge in [0.15, 0.2) is 10.8 Å². The van der Waals surface area contributed by atoms with E-state index in [4.69, 9.17) is 28.5 Å². The summed E-state index contributed by atoms with van der Waals surface area (Å²) in [6.45, 7) is 0. The Kier molecular flexibility index (Phi) is 2.05. The molecule has 0 N–H and O–H groups in total. The maximum absolute atomic E-state index is 8.30. The van der Waals surface area contributed by atoms with Crippen LogP contribution in [-0.2, 0) is 0 Å². The van der Waals surface area contributed by atoms with Crippen molar-refractivity contribution in [3.63, 3.8) is 0 Å². The van der Waals surface area contributed by atoms with Gasteiger partial charge >= 0.3 is 0 Å². The highest BCUT2D eigenvalue weighted by Gasteiger charge is 2.00. The normalized spacial score (nSPS) is 8.90. The molecule has 0 atom stereocenters. The van der Waals surface area contributed by atoms with Crippen LogP contribution in [0.15, 0.2) is 6.07 Å². The van der Waals surface area contributed by atoms with Crippen molar-refractivity contribution < 1.29 is 0 Å². The predicted molar refractivity (Wildman–Crippen MR) is 36.8 cm³/mol. The first-order valence-corrected chi connectivity index (χ1v) is 3.08. The summed E-state index contributed by atoms with van der Waals surface area (Å²) in [5.41, 5.74) is 0.161. The lowest BCUT2D eigenvalue weighted by molar-refractivity contribution is 1.01. The highest BCUT2D eigenvalue weighted by Crippen LogP contribution is 2.17. The fourth-order valence-corrected chi connectivity index (χ4v) is 0.642. The summed E-state index contributed by atoms with van der Waals surface area (Å²) in [7, 11) is 0. The van der Waals surface area contributed by atoms with Crippen LogP contribution in [-0.4, -0.2) is 10.2 Å². The molecular formula is C5HCl2N3. The van der Waals surface area contributed by atoms with Gasteiger partial charge in [-0.25, -0.2) is 0 Å². The van der Waals surface area contributed by atoms with Crippen LogP contribution in [0.25, 0.3) is 0 Å². The van der Waals surface area contributed by atoms with Crippen LogP contribution >= 0.6 is 23.2 Å². The summed E-state index contributed by atoms with van der Waals surface area (Å²) in [5, 5.41) is 15.5. The van der Waals surface area contributed by atoms with Crippen molar-refractivity contribution in [1.82, 2.24) is 10.2 Å². The largest absolute Gasteiger partial charge is 0.191 e. The van der Waals surface area contributed by atoms with Crippen LogP contribution < -0.4 is 0 Å². The number of aromatic nitrogens is 2. The van der Waals surface area contributed by atoms with Crippen molar-refractivity contribution in [2.24, 2.45) is 0 Å². The molecule has 3 nitrogen and oxygen atoms in total. The summed E-state index contributed by atoms with van der Waals surface area (Å²) in [5.74, 6) is 0. The third kappa shape index (κ3) is 1.35. The van der Waals surface area contributed by atoms with Crippen molar-refractivity contribution in [3.05, 3.63) is 21.9 Å². The first kappa shape index (κ1) is 7.26. The van der Waals surface area contributed by atoms with Gasteiger partial charge in [-0.05, 0) is 6.07 Å². The van der Waals surface area contributed by atoms with Crippen LogP contribution in [0.3, 0.4) is 0 Å². The minimum Gasteiger partial charge on any atom is -0.191 e. The summed E-state index contributed by atoms with van der Waals surface area (Å²) < 4.78 is 0. The number of nitriles is 1. The highest BCUT2D eigenvalue weighted by molar-refractivity contribution is 6.41. The Bertz CT molecular complexity index is 291. The Morgan fingerprint density at radius 2 is 2.10 bits per heavy atom. The standard InChI is InChI=1S/C5HCl2N3/c6-4-1-3(2-8)9-10-5(4)7/h1H. The second kappa shape index (κ2) is 2.82. The zero-order chi connectivity index (χ0) is 7.56. The molecule has 10 heavy (non-hydrogen) atoms. The molecule has 0 aliphatic carbocycles. The van der Waals surface area contributed by atoms with Gasteiger partial charge in [-0.15, -0.1) is 10.2 Å². The second-order valence-electron chi connectivity index (χ2n) is 1.48. The Balaban J connectivity index is 3.20. The molecule has 1 rings (SSSR count). The van der Waals surface area contributed by atoms with Gasteiger partial charge in [0.2, 0.25) is 0 Å². The first-order chi connectivity index (χ1) is 4.74. The van der Waals surface area contributed by atoms with Crippen molar-refractivity contribution in [2.75, 3.05) is 0 Å². The molecule has 1 aromatic rings. The molecule has 0 aromatic carbocycles. The van der Waals surface area contributed by atoms with Crippen LogP contribution in [0.5, 0.6) is 0 Å². The van der Waals surface area contributed by atoms with Crippen molar-refractivity contribution in [1.29, 1.82) is 5.26 Å². The molecule has 0 spiro atoms. The SMILES string of the molecule is N#Cc1cc(Cl)c(Cl)nn1. The first-order valence-electron chi connectivity index (χ1n) is 2.33. The van der Waals surface area contributed by atoms with Gasteiger partial charge in [0.1, 0.15) is 6.07 Å². The Hall–Kier alpha value is -0.850. The van der Waals surface area contributed by atoms with Crippen LogP contribution in [0.1, 0.15) is 5.69 Å². The minimum atomic E-state index is 0.112. The van der Waals surface area contributed by atoms with Crippen LogP contribution in [0.4, 0.5) is 0 Å². The number of hydrogen-bond acceptors (Lipinski definition) is 3. The summed E-state index contributed by atoms with van der Waals surface area (Å²) in [6.07, 6.45) is 0. The van der Waals surface area contributed by atoms with E-state index in [0.29, 0.717) is 0 Å². The topological polar surface area (TPSA) is 49.6 Å². The van der Waals surface area contributed by atoms with Gasteiger partial charge in [-0.1, -0.05) is 23.2 Å². The van der Waals surface area contributed by atoms with E-state index in [-0.39, 0.29) is 15.9 Å². The predicted octanol–water partition coefficient (Wildman–Crippen LogP) is 1.66. The van der Waals surface area contributed by atoms with E-state index in [2.05, 4.69) is 10.2 Å². The lowest BCUT2D eigenvalue weighted by atomic mass is 10.4. The summed E-state index contributed by atoms with van der Waals surface area (Å²) in [4.78, 5) is 0. The number of hydrogen-bond donors (Lipinski definition) is 0. The summed E-state index contributed by atoms with van der Waals surface area (Å²) in [6, 6.07) is 3.14. The molecule has 5 heteroatoms. The van der Waals surface area contributed by atoms with Crippen molar-refractivity contribution in [2.45, 2.75) is 0 Å². The maximum Gasteiger partial charge on any atom is 0.170 e. The summed E-state index contributed by atoms with van der Waals surface area (Å²) >= 11 is 10.9. The molecular weight excluding hydrogens is 173 g/mol. The van der Waals surface area contributed by atoms with E-state index >= 15 is 0 Å². The molecule has 0 amide bonds. The molecule has 0 saturated heterocycles. The van der Waals surface area contributed by atoms with E-state index in [1.54, 1.807) is 6.07 Å². The third-order valence-corrected chi connectivity index (χ3v) is 1.48. The quantitative estimate of drug-likeness (QED) is 0.600. The molecule has 0 saturated carbocycles. The second-order valence-corrected chi connectivity index (χ2v) is 2.25. The van der Waals surface area contributed by atoms with Crippen LogP contribution in [0, 0.1) is 11.3 Å². The van der Waals surface area contributed by atoms with Crippen molar-refractivity contribution in [3.8, 4) is 6.07 Å². The molecule has 0 aliphatic heterocycles. The van der Waals surface area contributed by atoms with Gasteiger partial charge in [0, 0.05) is 0 Å². The molecule has 0 fully saturated rings. The van der Waals surface area contributed by atoms with E-state index < -0.39 is 0 Å². The van der Waals surface area contributed by atoms with Gasteiger partial charge in [0.25, 0.3) is 0 Å². The Morgan fingerprint density at radius 1 is 1.40 bits per heavy atom. The monoisotopic (exact) mass is 173 g/mol. The average Bonchev–Trinajstić information content (AvgIpc) is 1.95. The Labute approximate surface area is 67.2 Å². The van der Waals surface area contributed by atoms with Gasteiger partial charge in [-0.2, -0.15) is 5.26 Å². The van der Waals surface area contributed by atoms with E-state index in [1.807, 2.05) is 0 Å². The highest BCUT2D eigenvalue weighted by atomic mass is 35.5. The molecule has 1 aromatic heterocycles. The third-order valence-electron chi connectivity index (χ3n) is 0.821. The molecule has 0 radical (unpaired) electrons. The fourth-order valence-electron chi connectivity index (χ4n) is 0.409. The molecule has 0 bridgehead atoms. The lowest BCUT2D eigenvalue weighted by Crippen LogP contribution is -1.87. The number of rotatable bonds is 0. The molecule has 50 valence electrons. The fraction of sp³-hybridized carbons (Fsp3) is 0. The average molecular weight is 174 g/mol. The van der Waals surface area contributed by atoms with Crippen molar-refractivity contribution >= 4 is 23.2 Å². The molecule has 0 unspecified atom stereocenters. The maximum atomic E-state index is 8.30. The zero-order valence-corrected chi connectivity index (χ0v) is 6.19. The zero-order valence-electron chi connectivity index (χ0n) is 4.67.